The van der Waals surface area contributed by atoms with Crippen molar-refractivity contribution in [2.45, 2.75) is 71.2 Å². The van der Waals surface area contributed by atoms with Crippen LogP contribution in [0.5, 0.6) is 0 Å². The molecular weight excluding hydrogens is 200 g/mol. The van der Waals surface area contributed by atoms with Gasteiger partial charge >= 0.3 is 0 Å². The van der Waals surface area contributed by atoms with Crippen molar-refractivity contribution in [1.82, 2.24) is 0 Å². The van der Waals surface area contributed by atoms with Crippen molar-refractivity contribution < 1.29 is 4.43 Å². The molecule has 0 amide bonds. The van der Waals surface area contributed by atoms with Crippen molar-refractivity contribution >= 4 is 8.32 Å². The molecule has 0 aromatic heterocycles. The summed E-state index contributed by atoms with van der Waals surface area (Å²) >= 11 is 0. The summed E-state index contributed by atoms with van der Waals surface area (Å²) in [4.78, 5) is 0. The van der Waals surface area contributed by atoms with E-state index in [1.165, 1.54) is 6.42 Å². The molecule has 0 rings (SSSR count). The standard InChI is InChI=1S/C13H28OSi/c1-8-10-12(11-9-2)14-15(6,7)13(3,4)5/h8,12H,1,9-11H2,2-7H3. The van der Waals surface area contributed by atoms with Gasteiger partial charge in [-0.2, -0.15) is 0 Å². The van der Waals surface area contributed by atoms with Crippen LogP contribution in [0.1, 0.15) is 47.0 Å². The molecule has 1 atom stereocenters. The highest BCUT2D eigenvalue weighted by Gasteiger charge is 2.38. The second kappa shape index (κ2) is 5.85. The highest BCUT2D eigenvalue weighted by Crippen LogP contribution is 2.38. The molecule has 0 saturated carbocycles. The summed E-state index contributed by atoms with van der Waals surface area (Å²) in [6.45, 7) is 17.5. The van der Waals surface area contributed by atoms with Gasteiger partial charge in [-0.3, -0.25) is 0 Å². The van der Waals surface area contributed by atoms with E-state index in [4.69, 9.17) is 4.43 Å². The Morgan fingerprint density at radius 3 is 2.20 bits per heavy atom. The van der Waals surface area contributed by atoms with Gasteiger partial charge in [0.1, 0.15) is 0 Å². The fourth-order valence-electron chi connectivity index (χ4n) is 1.33. The summed E-state index contributed by atoms with van der Waals surface area (Å²) in [5.74, 6) is 0. The minimum absolute atomic E-state index is 0.306. The van der Waals surface area contributed by atoms with Gasteiger partial charge in [0, 0.05) is 6.10 Å². The Kier molecular flexibility index (Phi) is 5.82. The van der Waals surface area contributed by atoms with Crippen LogP contribution in [0.15, 0.2) is 12.7 Å². The molecule has 0 N–H and O–H groups in total. The lowest BCUT2D eigenvalue weighted by molar-refractivity contribution is 0.173. The monoisotopic (exact) mass is 228 g/mol. The predicted octanol–water partition coefficient (Wildman–Crippen LogP) is 4.75. The maximum atomic E-state index is 6.35. The van der Waals surface area contributed by atoms with E-state index in [9.17, 15) is 0 Å². The first-order valence-electron chi connectivity index (χ1n) is 6.03. The third-order valence-electron chi connectivity index (χ3n) is 3.31. The van der Waals surface area contributed by atoms with Crippen molar-refractivity contribution in [3.05, 3.63) is 12.7 Å². The van der Waals surface area contributed by atoms with Crippen LogP contribution in [0.3, 0.4) is 0 Å². The zero-order valence-electron chi connectivity index (χ0n) is 11.4. The van der Waals surface area contributed by atoms with E-state index in [0.717, 1.165) is 12.8 Å². The summed E-state index contributed by atoms with van der Waals surface area (Å²) in [6.07, 6.45) is 5.69. The van der Waals surface area contributed by atoms with Crippen LogP contribution in [-0.2, 0) is 4.43 Å². The van der Waals surface area contributed by atoms with Gasteiger partial charge in [0.15, 0.2) is 8.32 Å². The molecule has 0 fully saturated rings. The van der Waals surface area contributed by atoms with Gasteiger partial charge < -0.3 is 4.43 Å². The summed E-state index contributed by atoms with van der Waals surface area (Å²) in [5.41, 5.74) is 0. The molecule has 90 valence electrons. The van der Waals surface area contributed by atoms with E-state index in [2.05, 4.69) is 47.4 Å². The van der Waals surface area contributed by atoms with Crippen LogP contribution in [0.25, 0.3) is 0 Å². The van der Waals surface area contributed by atoms with Gasteiger partial charge in [0.2, 0.25) is 0 Å². The van der Waals surface area contributed by atoms with E-state index in [1.807, 2.05) is 6.08 Å². The molecule has 0 saturated heterocycles. The average Bonchev–Trinajstić information content (AvgIpc) is 2.02. The Morgan fingerprint density at radius 1 is 1.33 bits per heavy atom. The van der Waals surface area contributed by atoms with Crippen LogP contribution in [-0.4, -0.2) is 14.4 Å². The maximum absolute atomic E-state index is 6.35. The molecule has 1 unspecified atom stereocenters. The SMILES string of the molecule is C=CCC(CCC)O[Si](C)(C)C(C)(C)C. The lowest BCUT2D eigenvalue weighted by Crippen LogP contribution is -2.43. The lowest BCUT2D eigenvalue weighted by atomic mass is 10.1. The molecule has 0 bridgehead atoms. The van der Waals surface area contributed by atoms with Crippen molar-refractivity contribution in [2.75, 3.05) is 0 Å². The van der Waals surface area contributed by atoms with Gasteiger partial charge in [-0.15, -0.1) is 6.58 Å². The highest BCUT2D eigenvalue weighted by atomic mass is 28.4. The number of hydrogen-bond acceptors (Lipinski definition) is 1. The number of rotatable bonds is 6. The minimum Gasteiger partial charge on any atom is -0.414 e. The van der Waals surface area contributed by atoms with Crippen molar-refractivity contribution in [3.8, 4) is 0 Å². The molecule has 0 aromatic carbocycles. The molecule has 0 aliphatic carbocycles. The normalized spacial score (nSPS) is 15.1. The van der Waals surface area contributed by atoms with Crippen LogP contribution < -0.4 is 0 Å². The maximum Gasteiger partial charge on any atom is 0.192 e. The van der Waals surface area contributed by atoms with Crippen molar-refractivity contribution in [2.24, 2.45) is 0 Å². The second-order valence-corrected chi connectivity index (χ2v) is 10.6. The van der Waals surface area contributed by atoms with Gasteiger partial charge in [0.25, 0.3) is 0 Å². The summed E-state index contributed by atoms with van der Waals surface area (Å²) < 4.78 is 6.35. The van der Waals surface area contributed by atoms with E-state index >= 15 is 0 Å². The van der Waals surface area contributed by atoms with E-state index < -0.39 is 8.32 Å². The Bertz CT molecular complexity index is 191. The number of hydrogen-bond donors (Lipinski definition) is 0. The highest BCUT2D eigenvalue weighted by molar-refractivity contribution is 6.74. The Morgan fingerprint density at radius 2 is 1.87 bits per heavy atom. The molecular formula is C13H28OSi. The molecule has 0 aromatic rings. The first kappa shape index (κ1) is 14.9. The topological polar surface area (TPSA) is 9.23 Å². The summed E-state index contributed by atoms with van der Waals surface area (Å²) in [6, 6.07) is 0. The molecule has 0 aliphatic rings. The molecule has 0 radical (unpaired) electrons. The quantitative estimate of drug-likeness (QED) is 0.471. The lowest BCUT2D eigenvalue weighted by Gasteiger charge is -2.39. The van der Waals surface area contributed by atoms with Crippen LogP contribution in [0.2, 0.25) is 18.1 Å². The Balaban J connectivity index is 4.43. The van der Waals surface area contributed by atoms with Crippen LogP contribution in [0, 0.1) is 0 Å². The molecule has 0 aliphatic heterocycles. The van der Waals surface area contributed by atoms with Crippen molar-refractivity contribution in [1.29, 1.82) is 0 Å². The molecule has 15 heavy (non-hydrogen) atoms. The molecule has 0 heterocycles. The fraction of sp³-hybridized carbons (Fsp3) is 0.846. The minimum atomic E-state index is -1.59. The second-order valence-electron chi connectivity index (χ2n) is 5.81. The van der Waals surface area contributed by atoms with Gasteiger partial charge in [0.05, 0.1) is 0 Å². The van der Waals surface area contributed by atoms with Gasteiger partial charge in [-0.05, 0) is 31.0 Å². The zero-order chi connectivity index (χ0) is 12.1. The van der Waals surface area contributed by atoms with E-state index in [-0.39, 0.29) is 0 Å². The van der Waals surface area contributed by atoms with Crippen molar-refractivity contribution in [3.63, 3.8) is 0 Å². The van der Waals surface area contributed by atoms with Gasteiger partial charge in [-0.25, -0.2) is 0 Å². The summed E-state index contributed by atoms with van der Waals surface area (Å²) in [5, 5.41) is 0.306. The predicted molar refractivity (Wildman–Crippen MR) is 71.8 cm³/mol. The fourth-order valence-corrected chi connectivity index (χ4v) is 2.73. The van der Waals surface area contributed by atoms with Crippen LogP contribution in [0.4, 0.5) is 0 Å². The Hall–Kier alpha value is -0.0831. The van der Waals surface area contributed by atoms with Crippen LogP contribution >= 0.6 is 0 Å². The first-order chi connectivity index (χ1) is 6.74. The zero-order valence-corrected chi connectivity index (χ0v) is 12.4. The Labute approximate surface area is 97.0 Å². The molecule has 0 spiro atoms. The molecule has 2 heteroatoms. The van der Waals surface area contributed by atoms with Gasteiger partial charge in [-0.1, -0.05) is 40.2 Å². The van der Waals surface area contributed by atoms with E-state index in [0.29, 0.717) is 11.1 Å². The smallest absolute Gasteiger partial charge is 0.192 e. The third-order valence-corrected chi connectivity index (χ3v) is 7.84. The largest absolute Gasteiger partial charge is 0.414 e. The third kappa shape index (κ3) is 4.98. The summed E-state index contributed by atoms with van der Waals surface area (Å²) in [7, 11) is -1.59. The first-order valence-corrected chi connectivity index (χ1v) is 8.94. The van der Waals surface area contributed by atoms with E-state index in [1.54, 1.807) is 0 Å². The molecule has 1 nitrogen and oxygen atoms in total. The average molecular weight is 228 g/mol.